The van der Waals surface area contributed by atoms with Gasteiger partial charge in [-0.15, -0.1) is 5.10 Å². The normalized spacial score (nSPS) is 13.2. The minimum Gasteiger partial charge on any atom is -0.497 e. The Hall–Kier alpha value is -2.58. The van der Waals surface area contributed by atoms with Gasteiger partial charge in [-0.05, 0) is 36.4 Å². The number of rotatable bonds is 5. The SMILES string of the molecule is COc1ccc(-c2nc(SCc3cc(F)cc4c3OCOC4)n[nH]2)cc1. The second-order valence-electron chi connectivity index (χ2n) is 5.65. The number of hydrogen-bond acceptors (Lipinski definition) is 6. The third-order valence-corrected chi connectivity index (χ3v) is 4.83. The van der Waals surface area contributed by atoms with Crippen LogP contribution in [0.4, 0.5) is 4.39 Å². The van der Waals surface area contributed by atoms with Gasteiger partial charge >= 0.3 is 0 Å². The van der Waals surface area contributed by atoms with Crippen molar-refractivity contribution in [2.75, 3.05) is 13.9 Å². The monoisotopic (exact) mass is 373 g/mol. The van der Waals surface area contributed by atoms with E-state index in [2.05, 4.69) is 15.2 Å². The topological polar surface area (TPSA) is 69.3 Å². The molecule has 0 saturated heterocycles. The van der Waals surface area contributed by atoms with Crippen LogP contribution in [0.25, 0.3) is 11.4 Å². The van der Waals surface area contributed by atoms with Crippen LogP contribution in [0.1, 0.15) is 11.1 Å². The maximum atomic E-state index is 13.8. The summed E-state index contributed by atoms with van der Waals surface area (Å²) >= 11 is 1.41. The molecule has 2 heterocycles. The third kappa shape index (κ3) is 3.51. The average molecular weight is 373 g/mol. The maximum absolute atomic E-state index is 13.8. The van der Waals surface area contributed by atoms with Gasteiger partial charge in [-0.3, -0.25) is 5.10 Å². The van der Waals surface area contributed by atoms with Crippen molar-refractivity contribution in [3.63, 3.8) is 0 Å². The Balaban J connectivity index is 1.49. The van der Waals surface area contributed by atoms with Crippen molar-refractivity contribution < 1.29 is 18.6 Å². The lowest BCUT2D eigenvalue weighted by Crippen LogP contribution is -2.13. The molecule has 0 aliphatic carbocycles. The van der Waals surface area contributed by atoms with Crippen LogP contribution in [-0.2, 0) is 17.1 Å². The Bertz CT molecular complexity index is 915. The Labute approximate surface area is 153 Å². The van der Waals surface area contributed by atoms with Gasteiger partial charge in [-0.1, -0.05) is 11.8 Å². The summed E-state index contributed by atoms with van der Waals surface area (Å²) in [5, 5.41) is 7.73. The third-order valence-electron chi connectivity index (χ3n) is 3.94. The number of aromatic nitrogens is 3. The summed E-state index contributed by atoms with van der Waals surface area (Å²) in [6, 6.07) is 10.5. The zero-order valence-electron chi connectivity index (χ0n) is 14.0. The largest absolute Gasteiger partial charge is 0.497 e. The van der Waals surface area contributed by atoms with Crippen LogP contribution in [0, 0.1) is 5.82 Å². The Kier molecular flexibility index (Phi) is 4.77. The van der Waals surface area contributed by atoms with E-state index in [1.54, 1.807) is 7.11 Å². The minimum absolute atomic E-state index is 0.179. The number of nitrogens with one attached hydrogen (secondary N) is 1. The number of thioether (sulfide) groups is 1. The number of halogens is 1. The van der Waals surface area contributed by atoms with E-state index in [4.69, 9.17) is 14.2 Å². The first-order valence-corrected chi connectivity index (χ1v) is 8.93. The lowest BCUT2D eigenvalue weighted by atomic mass is 10.1. The second-order valence-corrected chi connectivity index (χ2v) is 6.59. The van der Waals surface area contributed by atoms with Crippen molar-refractivity contribution in [3.05, 3.63) is 53.3 Å². The Morgan fingerprint density at radius 2 is 2.12 bits per heavy atom. The van der Waals surface area contributed by atoms with Gasteiger partial charge in [0.25, 0.3) is 0 Å². The van der Waals surface area contributed by atoms with Gasteiger partial charge in [0.1, 0.15) is 17.3 Å². The van der Waals surface area contributed by atoms with E-state index < -0.39 is 0 Å². The highest BCUT2D eigenvalue weighted by atomic mass is 32.2. The molecule has 0 fully saturated rings. The molecule has 0 bridgehead atoms. The van der Waals surface area contributed by atoms with Crippen LogP contribution in [0.3, 0.4) is 0 Å². The van der Waals surface area contributed by atoms with Crippen molar-refractivity contribution in [1.29, 1.82) is 0 Å². The first-order valence-electron chi connectivity index (χ1n) is 7.94. The van der Waals surface area contributed by atoms with Crippen LogP contribution < -0.4 is 9.47 Å². The van der Waals surface area contributed by atoms with E-state index in [0.29, 0.717) is 29.1 Å². The number of aromatic amines is 1. The summed E-state index contributed by atoms with van der Waals surface area (Å²) in [4.78, 5) is 4.48. The van der Waals surface area contributed by atoms with Crippen LogP contribution in [0.15, 0.2) is 41.6 Å². The molecule has 3 aromatic rings. The fraction of sp³-hybridized carbons (Fsp3) is 0.222. The van der Waals surface area contributed by atoms with Crippen molar-refractivity contribution >= 4 is 11.8 Å². The molecule has 1 aromatic heterocycles. The smallest absolute Gasteiger partial charge is 0.209 e. The Morgan fingerprint density at radius 3 is 2.92 bits per heavy atom. The van der Waals surface area contributed by atoms with Gasteiger partial charge in [-0.2, -0.15) is 0 Å². The van der Waals surface area contributed by atoms with Gasteiger partial charge in [0.15, 0.2) is 12.6 Å². The Morgan fingerprint density at radius 1 is 1.27 bits per heavy atom. The van der Waals surface area contributed by atoms with Crippen molar-refractivity contribution in [2.24, 2.45) is 0 Å². The summed E-state index contributed by atoms with van der Waals surface area (Å²) < 4.78 is 29.7. The van der Waals surface area contributed by atoms with Crippen LogP contribution >= 0.6 is 11.8 Å². The molecular weight excluding hydrogens is 357 g/mol. The van der Waals surface area contributed by atoms with E-state index in [9.17, 15) is 4.39 Å². The first kappa shape index (κ1) is 16.9. The van der Waals surface area contributed by atoms with Crippen molar-refractivity contribution in [3.8, 4) is 22.9 Å². The molecule has 0 unspecified atom stereocenters. The zero-order chi connectivity index (χ0) is 17.9. The molecule has 6 nitrogen and oxygen atoms in total. The number of ether oxygens (including phenoxy) is 3. The van der Waals surface area contributed by atoms with Crippen LogP contribution in [0.2, 0.25) is 0 Å². The van der Waals surface area contributed by atoms with E-state index >= 15 is 0 Å². The van der Waals surface area contributed by atoms with Crippen LogP contribution in [0.5, 0.6) is 11.5 Å². The molecule has 0 atom stereocenters. The first-order chi connectivity index (χ1) is 12.7. The molecule has 134 valence electrons. The number of H-pyrrole nitrogens is 1. The number of benzene rings is 2. The molecule has 1 aliphatic heterocycles. The van der Waals surface area contributed by atoms with Gasteiger partial charge < -0.3 is 14.2 Å². The summed E-state index contributed by atoms with van der Waals surface area (Å²) in [7, 11) is 1.62. The summed E-state index contributed by atoms with van der Waals surface area (Å²) in [6.07, 6.45) is 0. The minimum atomic E-state index is -0.303. The van der Waals surface area contributed by atoms with Crippen LogP contribution in [-0.4, -0.2) is 29.1 Å². The standard InChI is InChI=1S/C18H16FN3O3S/c1-23-15-4-2-11(3-5-15)17-20-18(22-21-17)26-9-13-7-14(19)6-12-8-24-10-25-16(12)13/h2-7H,8-10H2,1H3,(H,20,21,22). The molecule has 2 aromatic carbocycles. The molecular formula is C18H16FN3O3S. The van der Waals surface area contributed by atoms with E-state index in [-0.39, 0.29) is 12.6 Å². The molecule has 1 aliphatic rings. The summed E-state index contributed by atoms with van der Waals surface area (Å²) in [5.41, 5.74) is 2.40. The van der Waals surface area contributed by atoms with Gasteiger partial charge in [-0.25, -0.2) is 9.37 Å². The van der Waals surface area contributed by atoms with E-state index in [1.165, 1.54) is 23.9 Å². The quantitative estimate of drug-likeness (QED) is 0.687. The number of fused-ring (bicyclic) bond motifs is 1. The number of nitrogens with zero attached hydrogens (tertiary/aromatic N) is 2. The zero-order valence-corrected chi connectivity index (χ0v) is 14.8. The predicted molar refractivity (Wildman–Crippen MR) is 94.6 cm³/mol. The highest BCUT2D eigenvalue weighted by Gasteiger charge is 2.18. The van der Waals surface area contributed by atoms with E-state index in [0.717, 1.165) is 22.4 Å². The fourth-order valence-corrected chi connectivity index (χ4v) is 3.46. The highest BCUT2D eigenvalue weighted by Crippen LogP contribution is 2.33. The van der Waals surface area contributed by atoms with Gasteiger partial charge in [0.2, 0.25) is 5.16 Å². The van der Waals surface area contributed by atoms with Gasteiger partial charge in [0.05, 0.1) is 13.7 Å². The lowest BCUT2D eigenvalue weighted by molar-refractivity contribution is -0.0171. The van der Waals surface area contributed by atoms with Gasteiger partial charge in [0, 0.05) is 22.4 Å². The maximum Gasteiger partial charge on any atom is 0.209 e. The lowest BCUT2D eigenvalue weighted by Gasteiger charge is -2.20. The second kappa shape index (κ2) is 7.35. The number of hydrogen-bond donors (Lipinski definition) is 1. The molecule has 0 saturated carbocycles. The molecule has 0 radical (unpaired) electrons. The molecule has 0 spiro atoms. The van der Waals surface area contributed by atoms with Crippen molar-refractivity contribution in [1.82, 2.24) is 15.2 Å². The number of methoxy groups -OCH3 is 1. The highest BCUT2D eigenvalue weighted by molar-refractivity contribution is 7.98. The summed E-state index contributed by atoms with van der Waals surface area (Å²) in [5.74, 6) is 2.34. The molecule has 4 rings (SSSR count). The molecule has 0 amide bonds. The fourth-order valence-electron chi connectivity index (χ4n) is 2.70. The van der Waals surface area contributed by atoms with Crippen molar-refractivity contribution in [2.45, 2.75) is 17.5 Å². The summed E-state index contributed by atoms with van der Waals surface area (Å²) in [6.45, 7) is 0.533. The molecule has 26 heavy (non-hydrogen) atoms. The van der Waals surface area contributed by atoms with E-state index in [1.807, 2.05) is 24.3 Å². The molecule has 1 N–H and O–H groups in total. The average Bonchev–Trinajstić information content (AvgIpc) is 3.15. The molecule has 8 heteroatoms. The predicted octanol–water partition coefficient (Wildman–Crippen LogP) is 3.78.